The number of halogens is 1. The number of hydrogen-bond donors (Lipinski definition) is 1. The fourth-order valence-corrected chi connectivity index (χ4v) is 1.61. The maximum absolute atomic E-state index is 13.7. The van der Waals surface area contributed by atoms with E-state index in [0.717, 1.165) is 5.82 Å². The zero-order chi connectivity index (χ0) is 14.0. The van der Waals surface area contributed by atoms with Gasteiger partial charge in [-0.3, -0.25) is 0 Å². The molecule has 0 amide bonds. The number of ether oxygens (including phenoxy) is 1. The van der Waals surface area contributed by atoms with Crippen LogP contribution in [0.15, 0.2) is 18.2 Å². The van der Waals surface area contributed by atoms with Gasteiger partial charge in [0.2, 0.25) is 0 Å². The number of nitrogens with zero attached hydrogens (tertiary/aromatic N) is 3. The van der Waals surface area contributed by atoms with Crippen LogP contribution in [-0.4, -0.2) is 19.9 Å². The molecule has 0 unspecified atom stereocenters. The van der Waals surface area contributed by atoms with Crippen LogP contribution in [0.5, 0.6) is 5.75 Å². The van der Waals surface area contributed by atoms with Gasteiger partial charge in [0, 0.05) is 7.05 Å². The molecule has 2 rings (SSSR count). The predicted octanol–water partition coefficient (Wildman–Crippen LogP) is 1.89. The number of aromatic nitrogens is 3. The summed E-state index contributed by atoms with van der Waals surface area (Å²) in [6.45, 7) is 3.55. The second-order valence-electron chi connectivity index (χ2n) is 4.38. The molecule has 0 fully saturated rings. The number of aliphatic hydroxyl groups excluding tert-OH is 1. The van der Waals surface area contributed by atoms with Crippen LogP contribution in [0.4, 0.5) is 4.39 Å². The highest BCUT2D eigenvalue weighted by Gasteiger charge is 2.10. The van der Waals surface area contributed by atoms with Crippen LogP contribution in [-0.2, 0) is 13.7 Å². The van der Waals surface area contributed by atoms with E-state index in [2.05, 4.69) is 10.2 Å². The van der Waals surface area contributed by atoms with Crippen molar-refractivity contribution in [3.63, 3.8) is 0 Å². The van der Waals surface area contributed by atoms with Crippen LogP contribution in [0.1, 0.15) is 30.2 Å². The van der Waals surface area contributed by atoms with Crippen LogP contribution in [0.3, 0.4) is 0 Å². The Balaban J connectivity index is 2.10. The Morgan fingerprint density at radius 1 is 1.42 bits per heavy atom. The highest BCUT2D eigenvalue weighted by atomic mass is 19.1. The van der Waals surface area contributed by atoms with Gasteiger partial charge in [0.05, 0.1) is 6.10 Å². The van der Waals surface area contributed by atoms with Crippen molar-refractivity contribution in [2.24, 2.45) is 7.05 Å². The summed E-state index contributed by atoms with van der Waals surface area (Å²) >= 11 is 0. The lowest BCUT2D eigenvalue weighted by Gasteiger charge is -2.09. The summed E-state index contributed by atoms with van der Waals surface area (Å²) in [6.07, 6.45) is -0.704. The van der Waals surface area contributed by atoms with Crippen LogP contribution >= 0.6 is 0 Å². The normalized spacial score (nSPS) is 12.5. The minimum absolute atomic E-state index is 0.130. The molecule has 1 atom stereocenters. The first-order chi connectivity index (χ1) is 8.99. The minimum Gasteiger partial charge on any atom is -0.483 e. The molecule has 102 valence electrons. The average molecular weight is 265 g/mol. The summed E-state index contributed by atoms with van der Waals surface area (Å²) in [4.78, 5) is 0. The van der Waals surface area contributed by atoms with E-state index in [1.54, 1.807) is 17.6 Å². The first-order valence-corrected chi connectivity index (χ1v) is 5.94. The zero-order valence-corrected chi connectivity index (χ0v) is 11.1. The van der Waals surface area contributed by atoms with E-state index in [0.29, 0.717) is 11.4 Å². The van der Waals surface area contributed by atoms with E-state index >= 15 is 0 Å². The molecule has 1 aromatic heterocycles. The van der Waals surface area contributed by atoms with Crippen LogP contribution in [0.2, 0.25) is 0 Å². The summed E-state index contributed by atoms with van der Waals surface area (Å²) in [6, 6.07) is 4.40. The van der Waals surface area contributed by atoms with Gasteiger partial charge in [-0.15, -0.1) is 10.2 Å². The third kappa shape index (κ3) is 2.90. The van der Waals surface area contributed by atoms with E-state index in [-0.39, 0.29) is 12.4 Å². The molecular formula is C13H16FN3O2. The highest BCUT2D eigenvalue weighted by molar-refractivity contribution is 5.30. The van der Waals surface area contributed by atoms with Gasteiger partial charge in [0.15, 0.2) is 17.4 Å². The molecule has 0 aliphatic rings. The smallest absolute Gasteiger partial charge is 0.170 e. The molecule has 0 bridgehead atoms. The summed E-state index contributed by atoms with van der Waals surface area (Å²) in [5.74, 6) is 1.02. The van der Waals surface area contributed by atoms with Gasteiger partial charge in [0.1, 0.15) is 12.4 Å². The summed E-state index contributed by atoms with van der Waals surface area (Å²) in [7, 11) is 1.82. The molecule has 1 N–H and O–H groups in total. The molecule has 0 aliphatic heterocycles. The molecule has 2 aromatic rings. The van der Waals surface area contributed by atoms with Gasteiger partial charge in [-0.2, -0.15) is 0 Å². The molecule has 19 heavy (non-hydrogen) atoms. The molecule has 0 aliphatic carbocycles. The van der Waals surface area contributed by atoms with Gasteiger partial charge in [0.25, 0.3) is 0 Å². The third-order valence-electron chi connectivity index (χ3n) is 2.98. The highest BCUT2D eigenvalue weighted by Crippen LogP contribution is 2.22. The molecule has 1 heterocycles. The molecule has 0 saturated heterocycles. The molecule has 0 saturated carbocycles. The molecule has 6 heteroatoms. The standard InChI is InChI=1S/C13H16FN3O2/c1-8(18)10-4-5-12(11(14)6-10)19-7-13-16-15-9(2)17(13)3/h4-6,8,18H,7H2,1-3H3/t8-/m1/s1. The number of benzene rings is 1. The van der Waals surface area contributed by atoms with Crippen LogP contribution in [0, 0.1) is 12.7 Å². The Morgan fingerprint density at radius 2 is 2.16 bits per heavy atom. The Labute approximate surface area is 110 Å². The van der Waals surface area contributed by atoms with Crippen molar-refractivity contribution in [1.82, 2.24) is 14.8 Å². The molecule has 1 aromatic carbocycles. The number of hydrogen-bond acceptors (Lipinski definition) is 4. The maximum Gasteiger partial charge on any atom is 0.170 e. The maximum atomic E-state index is 13.7. The first-order valence-electron chi connectivity index (χ1n) is 5.94. The van der Waals surface area contributed by atoms with Crippen molar-refractivity contribution in [3.05, 3.63) is 41.2 Å². The monoisotopic (exact) mass is 265 g/mol. The van der Waals surface area contributed by atoms with E-state index in [9.17, 15) is 9.50 Å². The molecule has 5 nitrogen and oxygen atoms in total. The van der Waals surface area contributed by atoms with E-state index < -0.39 is 11.9 Å². The van der Waals surface area contributed by atoms with E-state index in [1.165, 1.54) is 12.1 Å². The average Bonchev–Trinajstić information content (AvgIpc) is 2.68. The van der Waals surface area contributed by atoms with Gasteiger partial charge < -0.3 is 14.4 Å². The van der Waals surface area contributed by atoms with Gasteiger partial charge in [-0.1, -0.05) is 6.07 Å². The van der Waals surface area contributed by atoms with E-state index in [1.807, 2.05) is 14.0 Å². The Morgan fingerprint density at radius 3 is 2.68 bits per heavy atom. The summed E-state index contributed by atoms with van der Waals surface area (Å²) in [5.41, 5.74) is 0.513. The second-order valence-corrected chi connectivity index (χ2v) is 4.38. The molecular weight excluding hydrogens is 249 g/mol. The van der Waals surface area contributed by atoms with E-state index in [4.69, 9.17) is 4.74 Å². The van der Waals surface area contributed by atoms with Gasteiger partial charge in [-0.25, -0.2) is 4.39 Å². The fourth-order valence-electron chi connectivity index (χ4n) is 1.61. The molecule has 0 radical (unpaired) electrons. The second kappa shape index (κ2) is 5.36. The van der Waals surface area contributed by atoms with Crippen molar-refractivity contribution in [2.45, 2.75) is 26.6 Å². The zero-order valence-electron chi connectivity index (χ0n) is 11.1. The fraction of sp³-hybridized carbons (Fsp3) is 0.385. The van der Waals surface area contributed by atoms with Crippen molar-refractivity contribution in [3.8, 4) is 5.75 Å². The quantitative estimate of drug-likeness (QED) is 0.917. The summed E-state index contributed by atoms with van der Waals surface area (Å²) in [5, 5.41) is 17.2. The molecule has 0 spiro atoms. The SMILES string of the molecule is Cc1nnc(COc2ccc([C@@H](C)O)cc2F)n1C. The Kier molecular flexibility index (Phi) is 3.80. The van der Waals surface area contributed by atoms with Crippen molar-refractivity contribution < 1.29 is 14.2 Å². The van der Waals surface area contributed by atoms with Crippen molar-refractivity contribution in [2.75, 3.05) is 0 Å². The lowest BCUT2D eigenvalue weighted by atomic mass is 10.1. The number of rotatable bonds is 4. The first kappa shape index (κ1) is 13.5. The largest absolute Gasteiger partial charge is 0.483 e. The van der Waals surface area contributed by atoms with Gasteiger partial charge >= 0.3 is 0 Å². The topological polar surface area (TPSA) is 60.2 Å². The lowest BCUT2D eigenvalue weighted by Crippen LogP contribution is -2.05. The summed E-state index contributed by atoms with van der Waals surface area (Å²) < 4.78 is 20.9. The predicted molar refractivity (Wildman–Crippen MR) is 67.1 cm³/mol. The Hall–Kier alpha value is -1.95. The minimum atomic E-state index is -0.704. The Bertz CT molecular complexity index is 581. The lowest BCUT2D eigenvalue weighted by molar-refractivity contribution is 0.198. The third-order valence-corrected chi connectivity index (χ3v) is 2.98. The number of aryl methyl sites for hydroxylation is 1. The van der Waals surface area contributed by atoms with Crippen LogP contribution in [0.25, 0.3) is 0 Å². The van der Waals surface area contributed by atoms with Crippen LogP contribution < -0.4 is 4.74 Å². The van der Waals surface area contributed by atoms with Gasteiger partial charge in [-0.05, 0) is 31.5 Å². The number of aliphatic hydroxyl groups is 1. The van der Waals surface area contributed by atoms with Crippen molar-refractivity contribution >= 4 is 0 Å². The van der Waals surface area contributed by atoms with Crippen molar-refractivity contribution in [1.29, 1.82) is 0 Å².